The van der Waals surface area contributed by atoms with Crippen LogP contribution in [0.5, 0.6) is 5.75 Å². The summed E-state index contributed by atoms with van der Waals surface area (Å²) in [6.45, 7) is 0. The second-order valence-corrected chi connectivity index (χ2v) is 5.05. The lowest BCUT2D eigenvalue weighted by Crippen LogP contribution is -2.03. The van der Waals surface area contributed by atoms with Crippen molar-refractivity contribution in [1.82, 2.24) is 15.2 Å². The number of aromatic amines is 1. The average Bonchev–Trinajstić information content (AvgIpc) is 2.93. The van der Waals surface area contributed by atoms with Gasteiger partial charge in [-0.05, 0) is 18.2 Å². The van der Waals surface area contributed by atoms with Gasteiger partial charge in [0.15, 0.2) is 5.82 Å². The molecule has 2 rings (SSSR count). The van der Waals surface area contributed by atoms with Crippen molar-refractivity contribution in [2.75, 3.05) is 20.0 Å². The smallest absolute Gasteiger partial charge is 0.316 e. The summed E-state index contributed by atoms with van der Waals surface area (Å²) < 4.78 is 9.80. The summed E-state index contributed by atoms with van der Waals surface area (Å²) >= 11 is 7.15. The lowest BCUT2D eigenvalue weighted by molar-refractivity contribution is -0.137. The summed E-state index contributed by atoms with van der Waals surface area (Å²) in [5.41, 5.74) is 0.706. The molecule has 0 unspecified atom stereocenters. The number of carbonyl (C=O) groups excluding carboxylic acids is 1. The molecule has 0 fully saturated rings. The number of aromatic nitrogens is 3. The highest BCUT2D eigenvalue weighted by Crippen LogP contribution is 2.31. The molecule has 0 atom stereocenters. The fourth-order valence-corrected chi connectivity index (χ4v) is 2.28. The first-order chi connectivity index (χ1) is 9.63. The van der Waals surface area contributed by atoms with E-state index in [-0.39, 0.29) is 11.7 Å². The molecule has 1 aromatic heterocycles. The van der Waals surface area contributed by atoms with E-state index >= 15 is 0 Å². The van der Waals surface area contributed by atoms with Crippen molar-refractivity contribution in [3.63, 3.8) is 0 Å². The molecule has 0 aliphatic rings. The third-order valence-electron chi connectivity index (χ3n) is 2.43. The zero-order valence-electron chi connectivity index (χ0n) is 10.8. The molecule has 0 radical (unpaired) electrons. The van der Waals surface area contributed by atoms with Gasteiger partial charge in [-0.15, -0.1) is 5.10 Å². The van der Waals surface area contributed by atoms with E-state index in [4.69, 9.17) is 16.3 Å². The molecule has 20 heavy (non-hydrogen) atoms. The number of nitrogens with one attached hydrogen (secondary N) is 1. The Morgan fingerprint density at radius 3 is 2.95 bits per heavy atom. The van der Waals surface area contributed by atoms with Crippen LogP contribution < -0.4 is 4.74 Å². The van der Waals surface area contributed by atoms with Gasteiger partial charge in [0.25, 0.3) is 0 Å². The Balaban J connectivity index is 2.20. The Morgan fingerprint density at radius 1 is 1.45 bits per heavy atom. The lowest BCUT2D eigenvalue weighted by atomic mass is 10.2. The van der Waals surface area contributed by atoms with Crippen LogP contribution in [0.3, 0.4) is 0 Å². The van der Waals surface area contributed by atoms with E-state index in [1.807, 2.05) is 0 Å². The number of ether oxygens (including phenoxy) is 2. The van der Waals surface area contributed by atoms with Crippen LogP contribution in [0.4, 0.5) is 0 Å². The number of H-pyrrole nitrogens is 1. The van der Waals surface area contributed by atoms with Gasteiger partial charge >= 0.3 is 5.97 Å². The highest BCUT2D eigenvalue weighted by molar-refractivity contribution is 7.99. The van der Waals surface area contributed by atoms with E-state index in [9.17, 15) is 4.79 Å². The topological polar surface area (TPSA) is 77.1 Å². The summed E-state index contributed by atoms with van der Waals surface area (Å²) in [4.78, 5) is 15.3. The summed E-state index contributed by atoms with van der Waals surface area (Å²) in [5.74, 6) is 0.981. The molecule has 1 N–H and O–H groups in total. The minimum atomic E-state index is -0.332. The summed E-state index contributed by atoms with van der Waals surface area (Å²) in [6.07, 6.45) is 0. The van der Waals surface area contributed by atoms with Crippen molar-refractivity contribution >= 4 is 29.3 Å². The van der Waals surface area contributed by atoms with Crippen LogP contribution >= 0.6 is 23.4 Å². The van der Waals surface area contributed by atoms with Gasteiger partial charge in [0.2, 0.25) is 5.16 Å². The number of nitrogens with zero attached hydrogens (tertiary/aromatic N) is 2. The molecule has 0 spiro atoms. The summed E-state index contributed by atoms with van der Waals surface area (Å²) in [6, 6.07) is 5.21. The van der Waals surface area contributed by atoms with Gasteiger partial charge in [-0.2, -0.15) is 0 Å². The molecule has 2 aromatic rings. The number of hydrogen-bond acceptors (Lipinski definition) is 6. The summed E-state index contributed by atoms with van der Waals surface area (Å²) in [5, 5.41) is 7.84. The largest absolute Gasteiger partial charge is 0.496 e. The number of halogens is 1. The molecule has 6 nitrogen and oxygen atoms in total. The molecule has 106 valence electrons. The highest BCUT2D eigenvalue weighted by Gasteiger charge is 2.13. The molecule has 1 aromatic carbocycles. The van der Waals surface area contributed by atoms with E-state index in [1.165, 1.54) is 18.9 Å². The van der Waals surface area contributed by atoms with Crippen molar-refractivity contribution in [2.24, 2.45) is 0 Å². The maximum Gasteiger partial charge on any atom is 0.316 e. The zero-order chi connectivity index (χ0) is 14.5. The number of esters is 1. The first kappa shape index (κ1) is 14.7. The Morgan fingerprint density at radius 2 is 2.25 bits per heavy atom. The molecule has 0 aliphatic heterocycles. The Kier molecular flexibility index (Phi) is 4.86. The predicted octanol–water partition coefficient (Wildman–Crippen LogP) is 2.40. The van der Waals surface area contributed by atoms with Gasteiger partial charge in [0.05, 0.1) is 25.5 Å². The minimum absolute atomic E-state index is 0.153. The third-order valence-corrected chi connectivity index (χ3v) is 3.48. The monoisotopic (exact) mass is 313 g/mol. The van der Waals surface area contributed by atoms with Crippen LogP contribution in [0.2, 0.25) is 5.02 Å². The van der Waals surface area contributed by atoms with E-state index in [2.05, 4.69) is 19.9 Å². The zero-order valence-corrected chi connectivity index (χ0v) is 12.4. The van der Waals surface area contributed by atoms with Crippen LogP contribution in [-0.2, 0) is 9.53 Å². The van der Waals surface area contributed by atoms with Crippen molar-refractivity contribution in [1.29, 1.82) is 0 Å². The van der Waals surface area contributed by atoms with Gasteiger partial charge in [-0.25, -0.2) is 4.98 Å². The van der Waals surface area contributed by atoms with Gasteiger partial charge in [-0.1, -0.05) is 23.4 Å². The van der Waals surface area contributed by atoms with Crippen LogP contribution in [-0.4, -0.2) is 41.1 Å². The summed E-state index contributed by atoms with van der Waals surface area (Å²) in [7, 11) is 2.90. The molecule has 0 saturated heterocycles. The fourth-order valence-electron chi connectivity index (χ4n) is 1.48. The van der Waals surface area contributed by atoms with E-state index < -0.39 is 0 Å². The quantitative estimate of drug-likeness (QED) is 0.674. The standard InChI is InChI=1S/C12H12ClN3O3S/c1-18-9-4-3-7(13)5-8(9)11-14-12(16-15-11)20-6-10(17)19-2/h3-5H,6H2,1-2H3,(H,14,15,16). The molecule has 0 amide bonds. The molecule has 1 heterocycles. The number of methoxy groups -OCH3 is 2. The molecule has 0 bridgehead atoms. The van der Waals surface area contributed by atoms with Gasteiger partial charge in [-0.3, -0.25) is 9.89 Å². The maximum absolute atomic E-state index is 11.1. The Bertz CT molecular complexity index is 618. The van der Waals surface area contributed by atoms with E-state index in [0.717, 1.165) is 0 Å². The van der Waals surface area contributed by atoms with Crippen LogP contribution in [0, 0.1) is 0 Å². The van der Waals surface area contributed by atoms with E-state index in [1.54, 1.807) is 25.3 Å². The van der Waals surface area contributed by atoms with Crippen molar-refractivity contribution < 1.29 is 14.3 Å². The minimum Gasteiger partial charge on any atom is -0.496 e. The molecular weight excluding hydrogens is 302 g/mol. The first-order valence-corrected chi connectivity index (χ1v) is 6.96. The molecular formula is C12H12ClN3O3S. The Labute approximate surface area is 124 Å². The van der Waals surface area contributed by atoms with Crippen molar-refractivity contribution in [3.05, 3.63) is 23.2 Å². The van der Waals surface area contributed by atoms with Crippen LogP contribution in [0.25, 0.3) is 11.4 Å². The van der Waals surface area contributed by atoms with Gasteiger partial charge in [0, 0.05) is 5.02 Å². The van der Waals surface area contributed by atoms with E-state index in [0.29, 0.717) is 27.3 Å². The second kappa shape index (κ2) is 6.62. The molecule has 8 heteroatoms. The predicted molar refractivity (Wildman–Crippen MR) is 76.1 cm³/mol. The van der Waals surface area contributed by atoms with Crippen molar-refractivity contribution in [2.45, 2.75) is 5.16 Å². The molecule has 0 saturated carbocycles. The number of rotatable bonds is 5. The molecule has 0 aliphatic carbocycles. The highest BCUT2D eigenvalue weighted by atomic mass is 35.5. The van der Waals surface area contributed by atoms with Crippen LogP contribution in [0.1, 0.15) is 0 Å². The van der Waals surface area contributed by atoms with Crippen molar-refractivity contribution in [3.8, 4) is 17.1 Å². The number of thioether (sulfide) groups is 1. The lowest BCUT2D eigenvalue weighted by Gasteiger charge is -2.05. The third kappa shape index (κ3) is 3.43. The first-order valence-electron chi connectivity index (χ1n) is 5.60. The maximum atomic E-state index is 11.1. The van der Waals surface area contributed by atoms with Gasteiger partial charge < -0.3 is 9.47 Å². The number of carbonyl (C=O) groups is 1. The van der Waals surface area contributed by atoms with Gasteiger partial charge in [0.1, 0.15) is 5.75 Å². The van der Waals surface area contributed by atoms with Crippen LogP contribution in [0.15, 0.2) is 23.4 Å². The SMILES string of the molecule is COC(=O)CSc1n[nH]c(-c2cc(Cl)ccc2OC)n1. The fraction of sp³-hybridized carbons (Fsp3) is 0.250. The second-order valence-electron chi connectivity index (χ2n) is 3.68. The number of hydrogen-bond donors (Lipinski definition) is 1. The average molecular weight is 314 g/mol. The Hall–Kier alpha value is -1.73. The normalized spacial score (nSPS) is 10.3. The number of benzene rings is 1.